The molecule has 0 unspecified atom stereocenters. The maximum Gasteiger partial charge on any atom is 0.224 e. The molecule has 0 bridgehead atoms. The van der Waals surface area contributed by atoms with Gasteiger partial charge in [-0.1, -0.05) is 23.2 Å². The van der Waals surface area contributed by atoms with Crippen LogP contribution in [0.1, 0.15) is 44.6 Å². The number of aromatic nitrogens is 4. The molecule has 3 aromatic rings. The first-order valence-electron chi connectivity index (χ1n) is 11.7. The second kappa shape index (κ2) is 10.1. The fraction of sp³-hybridized carbons (Fsp3) is 0.478. The Hall–Kier alpha value is -2.69. The summed E-state index contributed by atoms with van der Waals surface area (Å²) in [6, 6.07) is 2.85. The van der Waals surface area contributed by atoms with Crippen molar-refractivity contribution in [3.8, 4) is 0 Å². The van der Waals surface area contributed by atoms with Crippen molar-refractivity contribution >= 4 is 57.9 Å². The molecule has 1 aromatic carbocycles. The topological polar surface area (TPSA) is 120 Å². The molecule has 1 saturated heterocycles. The van der Waals surface area contributed by atoms with E-state index in [2.05, 4.69) is 20.6 Å². The normalized spacial score (nSPS) is 21.2. The molecule has 1 saturated carbocycles. The van der Waals surface area contributed by atoms with Crippen molar-refractivity contribution in [2.45, 2.75) is 50.6 Å². The fourth-order valence-electron chi connectivity index (χ4n) is 4.79. The average molecular weight is 522 g/mol. The minimum atomic E-state index is -0.552. The highest BCUT2D eigenvalue weighted by atomic mass is 35.5. The molecule has 12 heteroatoms. The molecule has 186 valence electrons. The first kappa shape index (κ1) is 24.0. The summed E-state index contributed by atoms with van der Waals surface area (Å²) in [5.41, 5.74) is 6.74. The third-order valence-corrected chi connectivity index (χ3v) is 7.54. The number of rotatable bonds is 6. The SMILES string of the molecule is NC(=O)[C@H]1CC[C@H](n2c(Nc3c(F)ccc(Cl)c3Cl)nc3cnc(NC4CCOCC4)nc32)CC1. The molecule has 2 aliphatic rings. The number of hydrogen-bond donors (Lipinski definition) is 3. The van der Waals surface area contributed by atoms with E-state index in [1.165, 1.54) is 12.1 Å². The molecule has 0 spiro atoms. The van der Waals surface area contributed by atoms with Crippen molar-refractivity contribution in [1.82, 2.24) is 19.5 Å². The van der Waals surface area contributed by atoms with Crippen molar-refractivity contribution in [2.75, 3.05) is 23.8 Å². The number of primary amides is 1. The highest BCUT2D eigenvalue weighted by Gasteiger charge is 2.30. The van der Waals surface area contributed by atoms with Gasteiger partial charge in [0.25, 0.3) is 0 Å². The van der Waals surface area contributed by atoms with Gasteiger partial charge in [0.2, 0.25) is 17.8 Å². The van der Waals surface area contributed by atoms with Crippen LogP contribution in [0.4, 0.5) is 22.0 Å². The van der Waals surface area contributed by atoms with E-state index in [0.29, 0.717) is 62.0 Å². The van der Waals surface area contributed by atoms with Crippen LogP contribution < -0.4 is 16.4 Å². The Bertz CT molecular complexity index is 1240. The summed E-state index contributed by atoms with van der Waals surface area (Å²) in [5.74, 6) is -0.116. The van der Waals surface area contributed by atoms with Gasteiger partial charge in [-0.05, 0) is 50.7 Å². The van der Waals surface area contributed by atoms with E-state index in [0.717, 1.165) is 12.8 Å². The number of nitrogens with one attached hydrogen (secondary N) is 2. The number of hydrogen-bond acceptors (Lipinski definition) is 7. The standard InChI is InChI=1S/C23H26Cl2FN7O2/c24-15-5-6-16(26)19(18(15)25)31-23-30-17-11-28-22(29-13-7-9-35-10-8-13)32-21(17)33(23)14-3-1-12(2-4-14)20(27)34/h5-6,11-14H,1-4,7-10H2,(H2,27,34)(H,30,31)(H,28,29,32)/t12-,14-. The van der Waals surface area contributed by atoms with Crippen molar-refractivity contribution in [1.29, 1.82) is 0 Å². The Morgan fingerprint density at radius 3 is 2.57 bits per heavy atom. The number of fused-ring (bicyclic) bond motifs is 1. The average Bonchev–Trinajstić information content (AvgIpc) is 3.22. The summed E-state index contributed by atoms with van der Waals surface area (Å²) < 4.78 is 22.0. The van der Waals surface area contributed by atoms with Crippen LogP contribution in [0.25, 0.3) is 11.2 Å². The largest absolute Gasteiger partial charge is 0.381 e. The highest BCUT2D eigenvalue weighted by Crippen LogP contribution is 2.39. The predicted molar refractivity (Wildman–Crippen MR) is 133 cm³/mol. The second-order valence-electron chi connectivity index (χ2n) is 8.99. The Balaban J connectivity index is 1.53. The summed E-state index contributed by atoms with van der Waals surface area (Å²) >= 11 is 12.4. The number of nitrogens with zero attached hydrogens (tertiary/aromatic N) is 4. The van der Waals surface area contributed by atoms with Crippen molar-refractivity contribution in [2.24, 2.45) is 11.7 Å². The summed E-state index contributed by atoms with van der Waals surface area (Å²) in [7, 11) is 0. The van der Waals surface area contributed by atoms with Crippen LogP contribution in [0.5, 0.6) is 0 Å². The van der Waals surface area contributed by atoms with Gasteiger partial charge < -0.3 is 21.1 Å². The minimum absolute atomic E-state index is 0.0232. The molecule has 9 nitrogen and oxygen atoms in total. The van der Waals surface area contributed by atoms with E-state index >= 15 is 0 Å². The van der Waals surface area contributed by atoms with Gasteiger partial charge in [-0.2, -0.15) is 4.98 Å². The molecular weight excluding hydrogens is 496 g/mol. The van der Waals surface area contributed by atoms with Crippen LogP contribution in [0.15, 0.2) is 18.3 Å². The maximum absolute atomic E-state index is 14.7. The number of anilines is 3. The van der Waals surface area contributed by atoms with E-state index in [1.807, 2.05) is 4.57 Å². The van der Waals surface area contributed by atoms with Gasteiger partial charge in [-0.15, -0.1) is 0 Å². The summed E-state index contributed by atoms with van der Waals surface area (Å²) in [4.78, 5) is 25.6. The lowest BCUT2D eigenvalue weighted by molar-refractivity contribution is -0.122. The number of halogens is 3. The molecule has 1 amide bonds. The maximum atomic E-state index is 14.7. The molecule has 5 rings (SSSR count). The van der Waals surface area contributed by atoms with E-state index < -0.39 is 5.82 Å². The second-order valence-corrected chi connectivity index (χ2v) is 9.78. The lowest BCUT2D eigenvalue weighted by Gasteiger charge is -2.29. The number of ether oxygens (including phenoxy) is 1. The summed E-state index contributed by atoms with van der Waals surface area (Å²) in [6.07, 6.45) is 6.11. The zero-order valence-electron chi connectivity index (χ0n) is 18.9. The molecule has 35 heavy (non-hydrogen) atoms. The summed E-state index contributed by atoms with van der Waals surface area (Å²) in [6.45, 7) is 1.39. The molecule has 1 aliphatic carbocycles. The van der Waals surface area contributed by atoms with Gasteiger partial charge in [-0.25, -0.2) is 14.4 Å². The van der Waals surface area contributed by atoms with Crippen molar-refractivity contribution in [3.05, 3.63) is 34.2 Å². The number of nitrogens with two attached hydrogens (primary N) is 1. The van der Waals surface area contributed by atoms with Gasteiger partial charge in [0, 0.05) is 31.2 Å². The van der Waals surface area contributed by atoms with Gasteiger partial charge in [0.1, 0.15) is 11.3 Å². The van der Waals surface area contributed by atoms with Gasteiger partial charge in [0.15, 0.2) is 5.65 Å². The third kappa shape index (κ3) is 5.00. The Labute approximate surface area is 211 Å². The fourth-order valence-corrected chi connectivity index (χ4v) is 5.15. The van der Waals surface area contributed by atoms with E-state index in [-0.39, 0.29) is 39.6 Å². The predicted octanol–water partition coefficient (Wildman–Crippen LogP) is 4.82. The molecule has 3 heterocycles. The van der Waals surface area contributed by atoms with Crippen LogP contribution >= 0.6 is 23.2 Å². The van der Waals surface area contributed by atoms with Gasteiger partial charge in [0.05, 0.1) is 21.9 Å². The molecular formula is C23H26Cl2FN7O2. The molecule has 2 fully saturated rings. The van der Waals surface area contributed by atoms with Crippen LogP contribution in [0.3, 0.4) is 0 Å². The first-order chi connectivity index (χ1) is 16.9. The lowest BCUT2D eigenvalue weighted by atomic mass is 9.85. The lowest BCUT2D eigenvalue weighted by Crippen LogP contribution is -2.29. The number of carbonyl (C=O) groups excluding carboxylic acids is 1. The highest BCUT2D eigenvalue weighted by molar-refractivity contribution is 6.43. The Morgan fingerprint density at radius 2 is 1.86 bits per heavy atom. The number of imidazole rings is 1. The summed E-state index contributed by atoms with van der Waals surface area (Å²) in [5, 5.41) is 6.71. The number of amides is 1. The Morgan fingerprint density at radius 1 is 1.11 bits per heavy atom. The quantitative estimate of drug-likeness (QED) is 0.397. The number of benzene rings is 1. The minimum Gasteiger partial charge on any atom is -0.381 e. The van der Waals surface area contributed by atoms with Crippen LogP contribution in [-0.2, 0) is 9.53 Å². The van der Waals surface area contributed by atoms with E-state index in [1.54, 1.807) is 6.20 Å². The van der Waals surface area contributed by atoms with Crippen LogP contribution in [-0.4, -0.2) is 44.7 Å². The van der Waals surface area contributed by atoms with Gasteiger partial charge in [-0.3, -0.25) is 9.36 Å². The monoisotopic (exact) mass is 521 g/mol. The van der Waals surface area contributed by atoms with E-state index in [4.69, 9.17) is 38.7 Å². The zero-order valence-corrected chi connectivity index (χ0v) is 20.4. The molecule has 0 atom stereocenters. The van der Waals surface area contributed by atoms with Crippen LogP contribution in [0, 0.1) is 11.7 Å². The molecule has 1 aliphatic heterocycles. The molecule has 0 radical (unpaired) electrons. The molecule has 4 N–H and O–H groups in total. The Kier molecular flexibility index (Phi) is 6.95. The van der Waals surface area contributed by atoms with Gasteiger partial charge >= 0.3 is 0 Å². The van der Waals surface area contributed by atoms with Crippen molar-refractivity contribution in [3.63, 3.8) is 0 Å². The van der Waals surface area contributed by atoms with Crippen molar-refractivity contribution < 1.29 is 13.9 Å². The number of carbonyl (C=O) groups is 1. The third-order valence-electron chi connectivity index (χ3n) is 6.73. The smallest absolute Gasteiger partial charge is 0.224 e. The first-order valence-corrected chi connectivity index (χ1v) is 12.5. The van der Waals surface area contributed by atoms with Crippen LogP contribution in [0.2, 0.25) is 10.0 Å². The zero-order chi connectivity index (χ0) is 24.5. The van der Waals surface area contributed by atoms with E-state index in [9.17, 15) is 9.18 Å². The molecule has 2 aromatic heterocycles.